The number of rotatable bonds is 72. The van der Waals surface area contributed by atoms with Gasteiger partial charge in [-0.15, -0.1) is 0 Å². The second-order valence-electron chi connectivity index (χ2n) is 27.3. The molecule has 2 unspecified atom stereocenters. The van der Waals surface area contributed by atoms with Gasteiger partial charge < -0.3 is 33.3 Å². The molecule has 0 rings (SSSR count). The highest BCUT2D eigenvalue weighted by Crippen LogP contribution is 2.18. The van der Waals surface area contributed by atoms with Crippen molar-refractivity contribution in [2.75, 3.05) is 47.5 Å². The predicted molar refractivity (Wildman–Crippen MR) is 398 cm³/mol. The van der Waals surface area contributed by atoms with Crippen molar-refractivity contribution in [2.45, 2.75) is 360 Å². The fourth-order valence-corrected chi connectivity index (χ4v) is 11.1. The van der Waals surface area contributed by atoms with Gasteiger partial charge in [0.15, 0.2) is 12.4 Å². The number of aliphatic carboxylic acids is 1. The van der Waals surface area contributed by atoms with Gasteiger partial charge >= 0.3 is 11.9 Å². The van der Waals surface area contributed by atoms with Gasteiger partial charge in [0, 0.05) is 12.8 Å². The Kier molecular flexibility index (Phi) is 70.5. The Balaban J connectivity index is 4.07. The average molecular weight is 1300 g/mol. The van der Waals surface area contributed by atoms with E-state index >= 15 is 0 Å². The highest BCUT2D eigenvalue weighted by molar-refractivity contribution is 5.70. The molecule has 0 aromatic rings. The lowest BCUT2D eigenvalue weighted by molar-refractivity contribution is -0.870. The van der Waals surface area contributed by atoms with Crippen LogP contribution in [0.15, 0.2) is 109 Å². The Morgan fingerprint density at radius 2 is 0.613 bits per heavy atom. The molecule has 0 bridgehead atoms. The number of hydrogen-bond donors (Lipinski definition) is 0. The van der Waals surface area contributed by atoms with Gasteiger partial charge in [-0.2, -0.15) is 0 Å². The number of carbonyl (C=O) groups excluding carboxylic acids is 3. The van der Waals surface area contributed by atoms with Crippen LogP contribution in [0, 0.1) is 0 Å². The summed E-state index contributed by atoms with van der Waals surface area (Å²) in [6.07, 6.45) is 101. The molecule has 2 atom stereocenters. The van der Waals surface area contributed by atoms with Crippen LogP contribution in [0.5, 0.6) is 0 Å². The van der Waals surface area contributed by atoms with Gasteiger partial charge in [-0.3, -0.25) is 9.59 Å². The smallest absolute Gasteiger partial charge is 0.306 e. The molecule has 0 saturated heterocycles. The number of allylic oxidation sites excluding steroid dienone is 18. The van der Waals surface area contributed by atoms with Crippen LogP contribution in [0.1, 0.15) is 348 Å². The molecule has 0 fully saturated rings. The zero-order chi connectivity index (χ0) is 67.5. The van der Waals surface area contributed by atoms with Gasteiger partial charge in [-0.25, -0.2) is 0 Å². The highest BCUT2D eigenvalue weighted by atomic mass is 16.7. The molecular weight excluding hydrogens is 1150 g/mol. The van der Waals surface area contributed by atoms with Crippen LogP contribution in [0.2, 0.25) is 0 Å². The van der Waals surface area contributed by atoms with Gasteiger partial charge in [0.05, 0.1) is 40.3 Å². The normalized spacial score (nSPS) is 13.3. The fraction of sp³-hybridized carbons (Fsp3) is 0.750. The molecule has 0 aliphatic rings. The zero-order valence-corrected chi connectivity index (χ0v) is 61.4. The number of carbonyl (C=O) groups is 3. The maximum Gasteiger partial charge on any atom is 0.306 e. The third-order valence-electron chi connectivity index (χ3n) is 17.0. The van der Waals surface area contributed by atoms with Crippen molar-refractivity contribution in [3.05, 3.63) is 109 Å². The third-order valence-corrected chi connectivity index (χ3v) is 17.0. The Bertz CT molecular complexity index is 1900. The zero-order valence-electron chi connectivity index (χ0n) is 61.4. The summed E-state index contributed by atoms with van der Waals surface area (Å²) in [5, 5.41) is 11.9. The molecule has 0 saturated carbocycles. The number of esters is 2. The molecular formula is C84H147NO8. The summed E-state index contributed by atoms with van der Waals surface area (Å²) >= 11 is 0. The van der Waals surface area contributed by atoms with Crippen molar-refractivity contribution in [3.63, 3.8) is 0 Å². The van der Waals surface area contributed by atoms with E-state index < -0.39 is 24.3 Å². The monoisotopic (exact) mass is 1300 g/mol. The molecule has 9 nitrogen and oxygen atoms in total. The molecule has 0 spiro atoms. The van der Waals surface area contributed by atoms with Crippen molar-refractivity contribution in [2.24, 2.45) is 0 Å². The van der Waals surface area contributed by atoms with E-state index in [2.05, 4.69) is 123 Å². The van der Waals surface area contributed by atoms with Crippen LogP contribution >= 0.6 is 0 Å². The predicted octanol–water partition coefficient (Wildman–Crippen LogP) is 23.6. The fourth-order valence-electron chi connectivity index (χ4n) is 11.1. The largest absolute Gasteiger partial charge is 0.545 e. The first kappa shape index (κ1) is 89.0. The van der Waals surface area contributed by atoms with E-state index in [1.165, 1.54) is 225 Å². The Labute approximate surface area is 575 Å². The summed E-state index contributed by atoms with van der Waals surface area (Å²) < 4.78 is 22.9. The lowest BCUT2D eigenvalue weighted by Crippen LogP contribution is -2.44. The van der Waals surface area contributed by atoms with E-state index in [1.54, 1.807) is 0 Å². The summed E-state index contributed by atoms with van der Waals surface area (Å²) in [5.74, 6) is -2.27. The van der Waals surface area contributed by atoms with Crippen LogP contribution in [0.4, 0.5) is 0 Å². The number of quaternary nitrogens is 1. The molecule has 0 heterocycles. The van der Waals surface area contributed by atoms with Crippen molar-refractivity contribution in [3.8, 4) is 0 Å². The first-order chi connectivity index (χ1) is 45.6. The minimum absolute atomic E-state index is 0.145. The number of unbranched alkanes of at least 4 members (excludes halogenated alkanes) is 39. The molecule has 0 radical (unpaired) electrons. The summed E-state index contributed by atoms with van der Waals surface area (Å²) in [6.45, 7) is 4.67. The van der Waals surface area contributed by atoms with Crippen molar-refractivity contribution >= 4 is 17.9 Å². The first-order valence-electron chi connectivity index (χ1n) is 39.0. The Morgan fingerprint density at radius 1 is 0.333 bits per heavy atom. The minimum atomic E-state index is -1.63. The van der Waals surface area contributed by atoms with Crippen molar-refractivity contribution in [1.82, 2.24) is 0 Å². The summed E-state index contributed by atoms with van der Waals surface area (Å²) in [4.78, 5) is 37.6. The van der Waals surface area contributed by atoms with Crippen LogP contribution in [-0.4, -0.2) is 82.3 Å². The maximum absolute atomic E-state index is 13.0. The highest BCUT2D eigenvalue weighted by Gasteiger charge is 2.22. The van der Waals surface area contributed by atoms with Gasteiger partial charge in [-0.1, -0.05) is 342 Å². The van der Waals surface area contributed by atoms with Crippen LogP contribution in [0.3, 0.4) is 0 Å². The van der Waals surface area contributed by atoms with Crippen molar-refractivity contribution < 1.29 is 42.9 Å². The second-order valence-corrected chi connectivity index (χ2v) is 27.3. The van der Waals surface area contributed by atoms with E-state index in [0.717, 1.165) is 89.9 Å². The average Bonchev–Trinajstić information content (AvgIpc) is 3.73. The summed E-state index contributed by atoms with van der Waals surface area (Å²) in [6, 6.07) is 0. The molecule has 536 valence electrons. The van der Waals surface area contributed by atoms with Crippen LogP contribution in [0.25, 0.3) is 0 Å². The maximum atomic E-state index is 13.0. The SMILES string of the molecule is CC/C=C\C/C=C\C/C=C\C/C=C\C/C=C\C/C=C\C/C=C\C/C=C\CCCCCCCCCCCCCCC(=O)OC(COC(=O)CCCCCCCCCCCCCCCCCCCCC/C=C\CCCCCCCCCC)COC(OCC[N+](C)(C)C)C(=O)[O-]. The topological polar surface area (TPSA) is 111 Å². The molecule has 0 aliphatic heterocycles. The molecule has 0 aromatic carbocycles. The molecule has 0 amide bonds. The standard InChI is InChI=1S/C84H147NO8/c1-6-8-10-12-14-16-18-20-22-24-26-28-30-32-34-36-38-39-40-41-42-43-45-47-49-51-53-55-57-59-61-63-65-67-69-71-73-75-82(87)93-80(79-92-84(83(88)89)90-77-76-85(3,4)5)78-91-81(86)74-72-70-68-66-64-62-60-58-56-54-52-50-48-46-44-37-35-33-31-29-27-25-23-21-19-17-15-13-11-9-7-2/h8,10,14,16,20,22,25-28,32,34,38-39,41-42,45,47,80,84H,6-7,9,11-13,15,17-19,21,23-24,29-31,33,35-37,40,43-44,46,48-79H2,1-5H3/b10-8-,16-14-,22-20-,27-25-,28-26-,34-32-,39-38-,42-41-,47-45-. The van der Waals surface area contributed by atoms with Gasteiger partial charge in [0.2, 0.25) is 0 Å². The molecule has 0 aromatic heterocycles. The van der Waals surface area contributed by atoms with E-state index in [4.69, 9.17) is 18.9 Å². The van der Waals surface area contributed by atoms with Gasteiger partial charge in [-0.05, 0) is 103 Å². The molecule has 9 heteroatoms. The molecule has 0 aliphatic carbocycles. The van der Waals surface area contributed by atoms with Crippen LogP contribution < -0.4 is 5.11 Å². The lowest BCUT2D eigenvalue weighted by Gasteiger charge is -2.26. The quantitative estimate of drug-likeness (QED) is 0.0195. The summed E-state index contributed by atoms with van der Waals surface area (Å²) in [7, 11) is 5.94. The van der Waals surface area contributed by atoms with E-state index in [1.807, 2.05) is 21.1 Å². The van der Waals surface area contributed by atoms with E-state index in [0.29, 0.717) is 23.9 Å². The number of ether oxygens (including phenoxy) is 4. The van der Waals surface area contributed by atoms with E-state index in [9.17, 15) is 19.5 Å². The van der Waals surface area contributed by atoms with Crippen molar-refractivity contribution in [1.29, 1.82) is 0 Å². The van der Waals surface area contributed by atoms with E-state index in [-0.39, 0.29) is 32.2 Å². The number of carboxylic acids is 1. The number of likely N-dealkylation sites (N-methyl/N-ethyl adjacent to an activating group) is 1. The first-order valence-corrected chi connectivity index (χ1v) is 39.0. The Morgan fingerprint density at radius 3 is 0.925 bits per heavy atom. The lowest BCUT2D eigenvalue weighted by atomic mass is 10.0. The van der Waals surface area contributed by atoms with Gasteiger partial charge in [0.1, 0.15) is 13.2 Å². The Hall–Kier alpha value is -4.05. The number of nitrogens with zero attached hydrogens (tertiary/aromatic N) is 1. The van der Waals surface area contributed by atoms with Crippen LogP contribution in [-0.2, 0) is 33.3 Å². The third kappa shape index (κ3) is 75.2. The number of hydrogen-bond acceptors (Lipinski definition) is 8. The summed E-state index contributed by atoms with van der Waals surface area (Å²) in [5.41, 5.74) is 0. The molecule has 0 N–H and O–H groups in total. The van der Waals surface area contributed by atoms with Gasteiger partial charge in [0.25, 0.3) is 0 Å². The second kappa shape index (κ2) is 73.8. The minimum Gasteiger partial charge on any atom is -0.545 e. The number of carboxylic acid groups (broad SMARTS) is 1. The molecule has 93 heavy (non-hydrogen) atoms.